The molecule has 0 aliphatic heterocycles. The lowest BCUT2D eigenvalue weighted by Gasteiger charge is -2.18. The molecule has 1 aliphatic carbocycles. The van der Waals surface area contributed by atoms with Crippen molar-refractivity contribution in [2.45, 2.75) is 26.7 Å². The SMILES string of the molecule is C=C(c1nc2c(C(=O)N(CC)CC)cccc2[nH]1)c1cc(-c2cncc(NC(=O)C3CC3)c2)cnc1NC. The largest absolute Gasteiger partial charge is 0.373 e. The van der Waals surface area contributed by atoms with Crippen LogP contribution < -0.4 is 10.6 Å². The van der Waals surface area contributed by atoms with Crippen molar-refractivity contribution < 1.29 is 9.59 Å². The number of rotatable bonds is 9. The Morgan fingerprint density at radius 2 is 1.84 bits per heavy atom. The fourth-order valence-corrected chi connectivity index (χ4v) is 4.46. The number of H-pyrrole nitrogens is 1. The molecule has 0 unspecified atom stereocenters. The maximum atomic E-state index is 13.1. The van der Waals surface area contributed by atoms with E-state index in [1.165, 1.54) is 0 Å². The number of aromatic nitrogens is 4. The number of carbonyl (C=O) groups excluding carboxylic acids is 2. The molecular weight excluding hydrogens is 478 g/mol. The number of anilines is 2. The van der Waals surface area contributed by atoms with Crippen LogP contribution in [0.1, 0.15) is 48.4 Å². The lowest BCUT2D eigenvalue weighted by atomic mass is 10.0. The van der Waals surface area contributed by atoms with E-state index >= 15 is 0 Å². The summed E-state index contributed by atoms with van der Waals surface area (Å²) in [6, 6.07) is 9.42. The van der Waals surface area contributed by atoms with Crippen LogP contribution in [-0.2, 0) is 4.79 Å². The van der Waals surface area contributed by atoms with Crippen LogP contribution in [0.2, 0.25) is 0 Å². The summed E-state index contributed by atoms with van der Waals surface area (Å²) in [4.78, 5) is 44.1. The zero-order valence-corrected chi connectivity index (χ0v) is 21.8. The Kier molecular flexibility index (Phi) is 6.91. The second-order valence-corrected chi connectivity index (χ2v) is 9.34. The first-order valence-electron chi connectivity index (χ1n) is 12.8. The summed E-state index contributed by atoms with van der Waals surface area (Å²) in [6.45, 7) is 9.49. The molecule has 0 saturated heterocycles. The van der Waals surface area contributed by atoms with Crippen LogP contribution >= 0.6 is 0 Å². The maximum Gasteiger partial charge on any atom is 0.256 e. The van der Waals surface area contributed by atoms with E-state index in [0.717, 1.165) is 35.0 Å². The van der Waals surface area contributed by atoms with Gasteiger partial charge in [0.1, 0.15) is 17.2 Å². The van der Waals surface area contributed by atoms with E-state index in [0.29, 0.717) is 47.1 Å². The molecule has 1 fully saturated rings. The minimum atomic E-state index is -0.0509. The van der Waals surface area contributed by atoms with Gasteiger partial charge in [0, 0.05) is 60.7 Å². The minimum Gasteiger partial charge on any atom is -0.373 e. The summed E-state index contributed by atoms with van der Waals surface area (Å²) >= 11 is 0. The third kappa shape index (κ3) is 4.87. The number of hydrogen-bond acceptors (Lipinski definition) is 6. The average Bonchev–Trinajstić information content (AvgIpc) is 3.71. The minimum absolute atomic E-state index is 0.0328. The molecule has 3 N–H and O–H groups in total. The van der Waals surface area contributed by atoms with Crippen molar-refractivity contribution in [3.63, 3.8) is 0 Å². The van der Waals surface area contributed by atoms with E-state index in [1.54, 1.807) is 36.6 Å². The summed E-state index contributed by atoms with van der Waals surface area (Å²) in [5.41, 5.74) is 5.61. The highest BCUT2D eigenvalue weighted by Gasteiger charge is 2.29. The summed E-state index contributed by atoms with van der Waals surface area (Å²) in [5.74, 6) is 1.29. The van der Waals surface area contributed by atoms with Gasteiger partial charge >= 0.3 is 0 Å². The predicted octanol–water partition coefficient (Wildman–Crippen LogP) is 4.95. The molecule has 2 amide bonds. The molecule has 38 heavy (non-hydrogen) atoms. The summed E-state index contributed by atoms with van der Waals surface area (Å²) in [7, 11) is 1.80. The van der Waals surface area contributed by atoms with Gasteiger partial charge in [-0.05, 0) is 51.0 Å². The number of hydrogen-bond donors (Lipinski definition) is 3. The van der Waals surface area contributed by atoms with E-state index in [-0.39, 0.29) is 17.7 Å². The van der Waals surface area contributed by atoms with Crippen LogP contribution in [0.25, 0.3) is 27.7 Å². The number of imidazole rings is 1. The Morgan fingerprint density at radius 3 is 2.55 bits per heavy atom. The number of nitrogens with zero attached hydrogens (tertiary/aromatic N) is 4. The number of aromatic amines is 1. The van der Waals surface area contributed by atoms with Crippen molar-refractivity contribution in [2.24, 2.45) is 5.92 Å². The summed E-state index contributed by atoms with van der Waals surface area (Å²) in [6.07, 6.45) is 7.01. The molecule has 5 rings (SSSR count). The van der Waals surface area contributed by atoms with Gasteiger partial charge in [0.2, 0.25) is 5.91 Å². The second kappa shape index (κ2) is 10.5. The van der Waals surface area contributed by atoms with E-state index in [2.05, 4.69) is 32.2 Å². The molecule has 0 spiro atoms. The Labute approximate surface area is 221 Å². The summed E-state index contributed by atoms with van der Waals surface area (Å²) in [5, 5.41) is 6.08. The van der Waals surface area contributed by atoms with E-state index in [4.69, 9.17) is 4.98 Å². The quantitative estimate of drug-likeness (QED) is 0.294. The molecule has 1 aliphatic rings. The molecular formula is C29H31N7O2. The average molecular weight is 510 g/mol. The lowest BCUT2D eigenvalue weighted by Crippen LogP contribution is -2.30. The predicted molar refractivity (Wildman–Crippen MR) is 150 cm³/mol. The van der Waals surface area contributed by atoms with Gasteiger partial charge in [0.25, 0.3) is 5.91 Å². The molecule has 194 valence electrons. The zero-order chi connectivity index (χ0) is 26.8. The van der Waals surface area contributed by atoms with Gasteiger partial charge < -0.3 is 20.5 Å². The third-order valence-corrected chi connectivity index (χ3v) is 6.82. The highest BCUT2D eigenvalue weighted by Crippen LogP contribution is 2.33. The van der Waals surface area contributed by atoms with Gasteiger partial charge in [-0.1, -0.05) is 12.6 Å². The number of pyridine rings is 2. The molecule has 1 saturated carbocycles. The van der Waals surface area contributed by atoms with Crippen molar-refractivity contribution in [3.05, 3.63) is 72.5 Å². The van der Waals surface area contributed by atoms with Crippen molar-refractivity contribution in [1.29, 1.82) is 0 Å². The molecule has 3 heterocycles. The zero-order valence-electron chi connectivity index (χ0n) is 21.8. The molecule has 9 nitrogen and oxygen atoms in total. The molecule has 3 aromatic heterocycles. The van der Waals surface area contributed by atoms with Crippen molar-refractivity contribution in [1.82, 2.24) is 24.8 Å². The van der Waals surface area contributed by atoms with Gasteiger partial charge in [-0.2, -0.15) is 0 Å². The number of carbonyl (C=O) groups is 2. The fraction of sp³-hybridized carbons (Fsp3) is 0.276. The Balaban J connectivity index is 1.49. The first-order valence-corrected chi connectivity index (χ1v) is 12.8. The number of amides is 2. The van der Waals surface area contributed by atoms with Crippen LogP contribution in [0, 0.1) is 5.92 Å². The topological polar surface area (TPSA) is 116 Å². The van der Waals surface area contributed by atoms with Crippen LogP contribution in [-0.4, -0.2) is 56.8 Å². The van der Waals surface area contributed by atoms with Gasteiger partial charge in [-0.25, -0.2) is 9.97 Å². The molecule has 0 radical (unpaired) electrons. The number of fused-ring (bicyclic) bond motifs is 1. The van der Waals surface area contributed by atoms with Crippen LogP contribution in [0.3, 0.4) is 0 Å². The van der Waals surface area contributed by atoms with Crippen LogP contribution in [0.4, 0.5) is 11.5 Å². The second-order valence-electron chi connectivity index (χ2n) is 9.34. The van der Waals surface area contributed by atoms with E-state index in [1.807, 2.05) is 38.1 Å². The fourth-order valence-electron chi connectivity index (χ4n) is 4.46. The number of para-hydroxylation sites is 1. The normalized spacial score (nSPS) is 12.8. The Morgan fingerprint density at radius 1 is 1.08 bits per heavy atom. The molecule has 9 heteroatoms. The highest BCUT2D eigenvalue weighted by molar-refractivity contribution is 6.05. The number of benzene rings is 1. The van der Waals surface area contributed by atoms with E-state index < -0.39 is 0 Å². The van der Waals surface area contributed by atoms with Gasteiger partial charge in [0.15, 0.2) is 0 Å². The highest BCUT2D eigenvalue weighted by atomic mass is 16.2. The first kappa shape index (κ1) is 25.1. The third-order valence-electron chi connectivity index (χ3n) is 6.82. The van der Waals surface area contributed by atoms with Gasteiger partial charge in [-0.15, -0.1) is 0 Å². The first-order chi connectivity index (χ1) is 18.4. The van der Waals surface area contributed by atoms with Crippen molar-refractivity contribution >= 4 is 39.9 Å². The van der Waals surface area contributed by atoms with E-state index in [9.17, 15) is 9.59 Å². The van der Waals surface area contributed by atoms with Crippen LogP contribution in [0.5, 0.6) is 0 Å². The molecule has 4 aromatic rings. The molecule has 1 aromatic carbocycles. The smallest absolute Gasteiger partial charge is 0.256 e. The monoisotopic (exact) mass is 509 g/mol. The molecule has 0 atom stereocenters. The van der Waals surface area contributed by atoms with Crippen LogP contribution in [0.15, 0.2) is 55.5 Å². The van der Waals surface area contributed by atoms with Crippen molar-refractivity contribution in [2.75, 3.05) is 30.8 Å². The Hall–Kier alpha value is -4.53. The maximum absolute atomic E-state index is 13.1. The lowest BCUT2D eigenvalue weighted by molar-refractivity contribution is -0.117. The van der Waals surface area contributed by atoms with Gasteiger partial charge in [0.05, 0.1) is 23.0 Å². The number of nitrogens with one attached hydrogen (secondary N) is 3. The molecule has 0 bridgehead atoms. The summed E-state index contributed by atoms with van der Waals surface area (Å²) < 4.78 is 0. The van der Waals surface area contributed by atoms with Crippen molar-refractivity contribution in [3.8, 4) is 11.1 Å². The van der Waals surface area contributed by atoms with Gasteiger partial charge in [-0.3, -0.25) is 14.6 Å². The Bertz CT molecular complexity index is 1530. The standard InChI is InChI=1S/C29H31N7O2/c1-5-36(6-2)29(38)22-8-7-9-24-25(22)35-26(34-24)17(3)23-13-20(15-32-27(23)30-4)19-12-21(16-31-14-19)33-28(37)18-10-11-18/h7-9,12-16,18H,3,5-6,10-11H2,1-2,4H3,(H,30,32)(H,33,37)(H,34,35).